The van der Waals surface area contributed by atoms with Crippen molar-refractivity contribution in [2.45, 2.75) is 44.6 Å². The molecule has 0 radical (unpaired) electrons. The number of thiophene rings is 1. The van der Waals surface area contributed by atoms with Gasteiger partial charge in [0.25, 0.3) is 0 Å². The molecule has 1 aliphatic carbocycles. The van der Waals surface area contributed by atoms with Gasteiger partial charge in [0.1, 0.15) is 12.4 Å². The number of aromatic nitrogens is 3. The number of carbonyl (C=O) groups excluding carboxylic acids is 1. The Hall–Kier alpha value is -2.73. The number of hydrogen-bond donors (Lipinski definition) is 1. The van der Waals surface area contributed by atoms with Gasteiger partial charge >= 0.3 is 0 Å². The molecule has 6 heteroatoms. The van der Waals surface area contributed by atoms with Gasteiger partial charge in [0, 0.05) is 22.6 Å². The van der Waals surface area contributed by atoms with Gasteiger partial charge < -0.3 is 5.32 Å². The number of nitrogens with zero attached hydrogens (tertiary/aromatic N) is 3. The van der Waals surface area contributed by atoms with E-state index in [4.69, 9.17) is 0 Å². The van der Waals surface area contributed by atoms with Crippen LogP contribution in [0.4, 0.5) is 5.95 Å². The lowest BCUT2D eigenvalue weighted by atomic mass is 9.78. The first-order valence-electron chi connectivity index (χ1n) is 9.68. The number of anilines is 1. The molecule has 0 amide bonds. The molecule has 2 unspecified atom stereocenters. The maximum atomic E-state index is 13.3. The first kappa shape index (κ1) is 17.4. The molecular weight excluding hydrogens is 368 g/mol. The minimum absolute atomic E-state index is 0.175. The number of fused-ring (bicyclic) bond motifs is 1. The number of nitrogens with one attached hydrogen (secondary N) is 1. The van der Waals surface area contributed by atoms with Crippen molar-refractivity contribution in [2.75, 3.05) is 5.32 Å². The number of rotatable bonds is 3. The largest absolute Gasteiger partial charge is 0.328 e. The summed E-state index contributed by atoms with van der Waals surface area (Å²) in [4.78, 5) is 18.8. The summed E-state index contributed by atoms with van der Waals surface area (Å²) in [6, 6.07) is 12.7. The Kier molecular flexibility index (Phi) is 4.16. The Bertz CT molecular complexity index is 1050. The Morgan fingerprint density at radius 2 is 2.00 bits per heavy atom. The van der Waals surface area contributed by atoms with Crippen molar-refractivity contribution >= 4 is 23.1 Å². The van der Waals surface area contributed by atoms with Crippen molar-refractivity contribution in [3.05, 3.63) is 75.4 Å². The topological polar surface area (TPSA) is 59.8 Å². The van der Waals surface area contributed by atoms with Crippen LogP contribution in [0.5, 0.6) is 0 Å². The molecule has 1 aliphatic heterocycles. The second-order valence-corrected chi connectivity index (χ2v) is 8.79. The standard InChI is InChI=1S/C22H22N4OS/c1-13(2)14-5-7-15(8-6-14)16-10-17-20(18(27)11-16)21(19-4-3-9-28-19)26-22(25-17)23-12-24-26/h3-9,12-13,16,21H,10-11H2,1-2H3,(H,23,24,25). The zero-order valence-corrected chi connectivity index (χ0v) is 16.7. The Balaban J connectivity index is 1.52. The normalized spacial score (nSPS) is 21.5. The fourth-order valence-corrected chi connectivity index (χ4v) is 5.07. The average Bonchev–Trinajstić information content (AvgIpc) is 3.38. The lowest BCUT2D eigenvalue weighted by Crippen LogP contribution is -2.33. The van der Waals surface area contributed by atoms with Gasteiger partial charge in [-0.2, -0.15) is 10.1 Å². The van der Waals surface area contributed by atoms with Crippen LogP contribution in [-0.2, 0) is 4.79 Å². The van der Waals surface area contributed by atoms with E-state index in [-0.39, 0.29) is 17.7 Å². The number of hydrogen-bond acceptors (Lipinski definition) is 5. The van der Waals surface area contributed by atoms with E-state index in [1.165, 1.54) is 11.1 Å². The van der Waals surface area contributed by atoms with Gasteiger partial charge in [-0.1, -0.05) is 44.2 Å². The second kappa shape index (κ2) is 6.71. The molecule has 5 rings (SSSR count). The van der Waals surface area contributed by atoms with Gasteiger partial charge in [0.2, 0.25) is 5.95 Å². The SMILES string of the molecule is CC(C)c1ccc(C2CC(=O)C3=C(C2)Nc2ncnn2C3c2cccs2)cc1. The summed E-state index contributed by atoms with van der Waals surface area (Å²) in [5.74, 6) is 1.61. The van der Waals surface area contributed by atoms with Gasteiger partial charge in [-0.15, -0.1) is 11.3 Å². The third kappa shape index (κ3) is 2.79. The minimum Gasteiger partial charge on any atom is -0.328 e. The molecule has 2 aliphatic rings. The number of allylic oxidation sites excluding steroid dienone is 2. The molecule has 0 fully saturated rings. The third-order valence-corrected chi connectivity index (χ3v) is 6.67. The van der Waals surface area contributed by atoms with Crippen LogP contribution in [-0.4, -0.2) is 20.5 Å². The van der Waals surface area contributed by atoms with Crippen molar-refractivity contribution in [1.82, 2.24) is 14.8 Å². The molecule has 28 heavy (non-hydrogen) atoms. The highest BCUT2D eigenvalue weighted by atomic mass is 32.1. The van der Waals surface area contributed by atoms with Crippen molar-refractivity contribution in [3.8, 4) is 0 Å². The zero-order valence-electron chi connectivity index (χ0n) is 15.9. The van der Waals surface area contributed by atoms with Crippen molar-refractivity contribution in [3.63, 3.8) is 0 Å². The first-order chi connectivity index (χ1) is 13.6. The van der Waals surface area contributed by atoms with E-state index >= 15 is 0 Å². The Morgan fingerprint density at radius 3 is 2.71 bits per heavy atom. The number of benzene rings is 1. The summed E-state index contributed by atoms with van der Waals surface area (Å²) in [6.45, 7) is 4.39. The van der Waals surface area contributed by atoms with Crippen LogP contribution in [0.1, 0.15) is 60.6 Å². The number of ketones is 1. The summed E-state index contributed by atoms with van der Waals surface area (Å²) in [5, 5.41) is 9.81. The van der Waals surface area contributed by atoms with E-state index in [1.54, 1.807) is 17.7 Å². The lowest BCUT2D eigenvalue weighted by molar-refractivity contribution is -0.116. The van der Waals surface area contributed by atoms with Crippen LogP contribution in [0.2, 0.25) is 0 Å². The molecule has 3 heterocycles. The monoisotopic (exact) mass is 390 g/mol. The highest BCUT2D eigenvalue weighted by molar-refractivity contribution is 7.10. The second-order valence-electron chi connectivity index (χ2n) is 7.81. The summed E-state index contributed by atoms with van der Waals surface area (Å²) in [7, 11) is 0. The minimum atomic E-state index is -0.175. The van der Waals surface area contributed by atoms with E-state index in [1.807, 2.05) is 16.1 Å². The van der Waals surface area contributed by atoms with Gasteiger partial charge in [-0.25, -0.2) is 4.68 Å². The van der Waals surface area contributed by atoms with Crippen molar-refractivity contribution < 1.29 is 4.79 Å². The number of Topliss-reactive ketones (excluding diaryl/α,β-unsaturated/α-hetero) is 1. The summed E-state index contributed by atoms with van der Waals surface area (Å²) in [6.07, 6.45) is 2.90. The van der Waals surface area contributed by atoms with Crippen LogP contribution in [0.25, 0.3) is 0 Å². The molecular formula is C22H22N4OS. The van der Waals surface area contributed by atoms with Crippen molar-refractivity contribution in [2.24, 2.45) is 0 Å². The maximum absolute atomic E-state index is 13.3. The van der Waals surface area contributed by atoms with Gasteiger partial charge in [-0.05, 0) is 40.8 Å². The highest BCUT2D eigenvalue weighted by Crippen LogP contribution is 2.44. The molecule has 5 nitrogen and oxygen atoms in total. The van der Waals surface area contributed by atoms with E-state index < -0.39 is 0 Å². The first-order valence-corrected chi connectivity index (χ1v) is 10.6. The number of carbonyl (C=O) groups is 1. The molecule has 142 valence electrons. The third-order valence-electron chi connectivity index (χ3n) is 5.75. The maximum Gasteiger partial charge on any atom is 0.226 e. The van der Waals surface area contributed by atoms with Crippen LogP contribution >= 0.6 is 11.3 Å². The quantitative estimate of drug-likeness (QED) is 0.692. The molecule has 2 atom stereocenters. The van der Waals surface area contributed by atoms with Crippen LogP contribution in [0.3, 0.4) is 0 Å². The highest BCUT2D eigenvalue weighted by Gasteiger charge is 2.39. The molecule has 0 saturated heterocycles. The fourth-order valence-electron chi connectivity index (χ4n) is 4.25. The molecule has 1 aromatic carbocycles. The Labute approximate surface area is 168 Å². The van der Waals surface area contributed by atoms with Gasteiger partial charge in [0.05, 0.1) is 0 Å². The fraction of sp³-hybridized carbons (Fsp3) is 0.318. The van der Waals surface area contributed by atoms with Crippen LogP contribution in [0, 0.1) is 0 Å². The molecule has 2 aromatic heterocycles. The van der Waals surface area contributed by atoms with E-state index in [2.05, 4.69) is 59.6 Å². The predicted octanol–water partition coefficient (Wildman–Crippen LogP) is 4.88. The average molecular weight is 391 g/mol. The molecule has 0 saturated carbocycles. The predicted molar refractivity (Wildman–Crippen MR) is 111 cm³/mol. The molecule has 1 N–H and O–H groups in total. The van der Waals surface area contributed by atoms with Gasteiger partial charge in [-0.3, -0.25) is 4.79 Å². The molecule has 3 aromatic rings. The van der Waals surface area contributed by atoms with Crippen molar-refractivity contribution in [1.29, 1.82) is 0 Å². The smallest absolute Gasteiger partial charge is 0.226 e. The van der Waals surface area contributed by atoms with E-state index in [0.29, 0.717) is 18.3 Å². The van der Waals surface area contributed by atoms with Crippen LogP contribution < -0.4 is 5.32 Å². The van der Waals surface area contributed by atoms with Gasteiger partial charge in [0.15, 0.2) is 5.78 Å². The Morgan fingerprint density at radius 1 is 1.18 bits per heavy atom. The van der Waals surface area contributed by atoms with Crippen LogP contribution in [0.15, 0.2) is 59.4 Å². The molecule has 0 bridgehead atoms. The van der Waals surface area contributed by atoms with E-state index in [9.17, 15) is 4.79 Å². The summed E-state index contributed by atoms with van der Waals surface area (Å²) < 4.78 is 1.83. The summed E-state index contributed by atoms with van der Waals surface area (Å²) >= 11 is 1.65. The lowest BCUT2D eigenvalue weighted by Gasteiger charge is -2.34. The molecule has 0 spiro atoms. The van der Waals surface area contributed by atoms with E-state index in [0.717, 1.165) is 22.6 Å². The zero-order chi connectivity index (χ0) is 19.3. The summed E-state index contributed by atoms with van der Waals surface area (Å²) in [5.41, 5.74) is 4.39.